The average Bonchev–Trinajstić information content (AvgIpc) is 2.31. The van der Waals surface area contributed by atoms with E-state index >= 15 is 0 Å². The van der Waals surface area contributed by atoms with Crippen molar-refractivity contribution in [1.82, 2.24) is 9.97 Å². The van der Waals surface area contributed by atoms with Crippen LogP contribution in [-0.2, 0) is 4.74 Å². The number of nitriles is 1. The van der Waals surface area contributed by atoms with E-state index in [0.29, 0.717) is 12.3 Å². The quantitative estimate of drug-likeness (QED) is 0.746. The SMILES string of the molecule is CCN(c1cnc(C#N)cn1)C(C)COC. The lowest BCUT2D eigenvalue weighted by molar-refractivity contribution is 0.181. The summed E-state index contributed by atoms with van der Waals surface area (Å²) in [4.78, 5) is 10.3. The molecule has 1 aromatic rings. The molecule has 1 aromatic heterocycles. The maximum absolute atomic E-state index is 8.63. The Kier molecular flexibility index (Phi) is 4.67. The minimum Gasteiger partial charge on any atom is -0.383 e. The molecular formula is C11H16N4O. The molecule has 0 saturated carbocycles. The molecule has 0 radical (unpaired) electrons. The van der Waals surface area contributed by atoms with Crippen LogP contribution in [0.2, 0.25) is 0 Å². The molecule has 0 aromatic carbocycles. The highest BCUT2D eigenvalue weighted by Gasteiger charge is 2.13. The molecule has 5 nitrogen and oxygen atoms in total. The molecule has 0 amide bonds. The number of methoxy groups -OCH3 is 1. The molecule has 1 heterocycles. The number of anilines is 1. The third-order valence-electron chi connectivity index (χ3n) is 2.33. The normalized spacial score (nSPS) is 11.9. The van der Waals surface area contributed by atoms with Gasteiger partial charge in [0, 0.05) is 13.7 Å². The molecule has 86 valence electrons. The van der Waals surface area contributed by atoms with Crippen LogP contribution in [-0.4, -0.2) is 36.3 Å². The van der Waals surface area contributed by atoms with Gasteiger partial charge in [-0.3, -0.25) is 0 Å². The van der Waals surface area contributed by atoms with Crippen molar-refractivity contribution in [2.45, 2.75) is 19.9 Å². The Bertz CT molecular complexity index is 357. The lowest BCUT2D eigenvalue weighted by atomic mass is 10.3. The van der Waals surface area contributed by atoms with Crippen LogP contribution in [0.4, 0.5) is 5.82 Å². The number of hydrogen-bond donors (Lipinski definition) is 0. The maximum Gasteiger partial charge on any atom is 0.158 e. The van der Waals surface area contributed by atoms with E-state index in [9.17, 15) is 0 Å². The molecule has 0 aliphatic carbocycles. The fraction of sp³-hybridized carbons (Fsp3) is 0.545. The molecule has 5 heteroatoms. The van der Waals surface area contributed by atoms with Crippen molar-refractivity contribution in [2.75, 3.05) is 25.2 Å². The van der Waals surface area contributed by atoms with E-state index in [2.05, 4.69) is 21.8 Å². The molecule has 1 rings (SSSR count). The number of ether oxygens (including phenoxy) is 1. The summed E-state index contributed by atoms with van der Waals surface area (Å²) in [7, 11) is 1.68. The summed E-state index contributed by atoms with van der Waals surface area (Å²) >= 11 is 0. The van der Waals surface area contributed by atoms with Crippen LogP contribution >= 0.6 is 0 Å². The number of likely N-dealkylation sites (N-methyl/N-ethyl adjacent to an activating group) is 1. The molecule has 0 aliphatic rings. The summed E-state index contributed by atoms with van der Waals surface area (Å²) in [6, 6.07) is 2.18. The van der Waals surface area contributed by atoms with Crippen molar-refractivity contribution < 1.29 is 4.74 Å². The molecule has 0 fully saturated rings. The van der Waals surface area contributed by atoms with Crippen LogP contribution in [0, 0.1) is 11.3 Å². The zero-order chi connectivity index (χ0) is 12.0. The Labute approximate surface area is 95.7 Å². The van der Waals surface area contributed by atoms with Gasteiger partial charge < -0.3 is 9.64 Å². The van der Waals surface area contributed by atoms with Crippen molar-refractivity contribution in [3.63, 3.8) is 0 Å². The van der Waals surface area contributed by atoms with Crippen molar-refractivity contribution in [1.29, 1.82) is 5.26 Å². The summed E-state index contributed by atoms with van der Waals surface area (Å²) in [6.07, 6.45) is 3.10. The van der Waals surface area contributed by atoms with E-state index in [-0.39, 0.29) is 6.04 Å². The Morgan fingerprint density at radius 2 is 2.25 bits per heavy atom. The van der Waals surface area contributed by atoms with Crippen LogP contribution in [0.5, 0.6) is 0 Å². The second-order valence-electron chi connectivity index (χ2n) is 3.46. The molecule has 0 aliphatic heterocycles. The van der Waals surface area contributed by atoms with Crippen LogP contribution < -0.4 is 4.90 Å². The second kappa shape index (κ2) is 6.03. The van der Waals surface area contributed by atoms with Gasteiger partial charge in [0.25, 0.3) is 0 Å². The summed E-state index contributed by atoms with van der Waals surface area (Å²) < 4.78 is 5.11. The Morgan fingerprint density at radius 1 is 1.50 bits per heavy atom. The van der Waals surface area contributed by atoms with Crippen molar-refractivity contribution in [2.24, 2.45) is 0 Å². The molecule has 1 atom stereocenters. The molecule has 0 spiro atoms. The minimum atomic E-state index is 0.234. The zero-order valence-electron chi connectivity index (χ0n) is 9.84. The van der Waals surface area contributed by atoms with E-state index in [1.54, 1.807) is 13.3 Å². The van der Waals surface area contributed by atoms with Gasteiger partial charge in [0.05, 0.1) is 25.0 Å². The largest absolute Gasteiger partial charge is 0.383 e. The fourth-order valence-corrected chi connectivity index (χ4v) is 1.56. The maximum atomic E-state index is 8.63. The highest BCUT2D eigenvalue weighted by atomic mass is 16.5. The molecule has 0 N–H and O–H groups in total. The van der Waals surface area contributed by atoms with Crippen LogP contribution in [0.15, 0.2) is 12.4 Å². The Morgan fingerprint density at radius 3 is 2.69 bits per heavy atom. The number of rotatable bonds is 5. The predicted octanol–water partition coefficient (Wildman–Crippen LogP) is 1.21. The monoisotopic (exact) mass is 220 g/mol. The number of aromatic nitrogens is 2. The van der Waals surface area contributed by atoms with E-state index in [1.807, 2.05) is 13.0 Å². The lowest BCUT2D eigenvalue weighted by Crippen LogP contribution is -2.36. The third kappa shape index (κ3) is 2.91. The van der Waals surface area contributed by atoms with Gasteiger partial charge in [-0.25, -0.2) is 9.97 Å². The first-order chi connectivity index (χ1) is 7.72. The van der Waals surface area contributed by atoms with E-state index in [0.717, 1.165) is 12.4 Å². The average molecular weight is 220 g/mol. The minimum absolute atomic E-state index is 0.234. The molecule has 1 unspecified atom stereocenters. The first-order valence-electron chi connectivity index (χ1n) is 5.20. The highest BCUT2D eigenvalue weighted by molar-refractivity contribution is 5.38. The van der Waals surface area contributed by atoms with E-state index < -0.39 is 0 Å². The molecule has 16 heavy (non-hydrogen) atoms. The standard InChI is InChI=1S/C11H16N4O/c1-4-15(9(2)8-16-3)11-7-13-10(5-12)6-14-11/h6-7,9H,4,8H2,1-3H3. The topological polar surface area (TPSA) is 62.0 Å². The van der Waals surface area contributed by atoms with Gasteiger partial charge in [0.15, 0.2) is 5.69 Å². The Hall–Kier alpha value is -1.67. The first kappa shape index (κ1) is 12.4. The van der Waals surface area contributed by atoms with Gasteiger partial charge in [-0.15, -0.1) is 0 Å². The third-order valence-corrected chi connectivity index (χ3v) is 2.33. The molecular weight excluding hydrogens is 204 g/mol. The lowest BCUT2D eigenvalue weighted by Gasteiger charge is -2.28. The van der Waals surface area contributed by atoms with Gasteiger partial charge in [0.2, 0.25) is 0 Å². The second-order valence-corrected chi connectivity index (χ2v) is 3.46. The number of hydrogen-bond acceptors (Lipinski definition) is 5. The highest BCUT2D eigenvalue weighted by Crippen LogP contribution is 2.12. The van der Waals surface area contributed by atoms with Gasteiger partial charge in [0.1, 0.15) is 11.9 Å². The smallest absolute Gasteiger partial charge is 0.158 e. The predicted molar refractivity (Wildman–Crippen MR) is 61.1 cm³/mol. The van der Waals surface area contributed by atoms with Gasteiger partial charge in [-0.2, -0.15) is 5.26 Å². The summed E-state index contributed by atoms with van der Waals surface area (Å²) in [5.41, 5.74) is 0.333. The Balaban J connectivity index is 2.83. The summed E-state index contributed by atoms with van der Waals surface area (Å²) in [5, 5.41) is 8.63. The van der Waals surface area contributed by atoms with Gasteiger partial charge in [-0.1, -0.05) is 0 Å². The van der Waals surface area contributed by atoms with Crippen molar-refractivity contribution >= 4 is 5.82 Å². The van der Waals surface area contributed by atoms with E-state index in [1.165, 1.54) is 6.20 Å². The summed E-state index contributed by atoms with van der Waals surface area (Å²) in [6.45, 7) is 5.57. The van der Waals surface area contributed by atoms with Crippen LogP contribution in [0.25, 0.3) is 0 Å². The van der Waals surface area contributed by atoms with Crippen molar-refractivity contribution in [3.05, 3.63) is 18.1 Å². The van der Waals surface area contributed by atoms with Gasteiger partial charge >= 0.3 is 0 Å². The van der Waals surface area contributed by atoms with E-state index in [4.69, 9.17) is 10.00 Å². The van der Waals surface area contributed by atoms with Crippen molar-refractivity contribution in [3.8, 4) is 6.07 Å². The summed E-state index contributed by atoms with van der Waals surface area (Å²) in [5.74, 6) is 0.769. The fourth-order valence-electron chi connectivity index (χ4n) is 1.56. The number of nitrogens with zero attached hydrogens (tertiary/aromatic N) is 4. The first-order valence-corrected chi connectivity index (χ1v) is 5.20. The van der Waals surface area contributed by atoms with Crippen LogP contribution in [0.1, 0.15) is 19.5 Å². The van der Waals surface area contributed by atoms with Gasteiger partial charge in [-0.05, 0) is 13.8 Å². The molecule has 0 bridgehead atoms. The van der Waals surface area contributed by atoms with Crippen LogP contribution in [0.3, 0.4) is 0 Å². The zero-order valence-corrected chi connectivity index (χ0v) is 9.84. The molecule has 0 saturated heterocycles.